The van der Waals surface area contributed by atoms with Crippen molar-refractivity contribution in [3.8, 4) is 0 Å². The van der Waals surface area contributed by atoms with Gasteiger partial charge in [0, 0.05) is 13.0 Å². The smallest absolute Gasteiger partial charge is 0.267 e. The third kappa shape index (κ3) is 2.60. The van der Waals surface area contributed by atoms with Crippen LogP contribution in [0.5, 0.6) is 0 Å². The number of carbonyl (C=O) groups is 1. The molecule has 2 fully saturated rings. The van der Waals surface area contributed by atoms with Gasteiger partial charge in [-0.2, -0.15) is 0 Å². The third-order valence-electron chi connectivity index (χ3n) is 3.53. The standard InChI is InChI=1S/C10H16BF2N3O/c11-16-5-7(4-14)3-8(16)9(17)15-2-1-10(12,13)6-15/h7-8H,1-6,14H2. The van der Waals surface area contributed by atoms with Crippen molar-refractivity contribution in [3.63, 3.8) is 0 Å². The van der Waals surface area contributed by atoms with Crippen LogP contribution >= 0.6 is 0 Å². The number of carbonyl (C=O) groups excluding carboxylic acids is 1. The molecule has 0 aromatic rings. The van der Waals surface area contributed by atoms with Gasteiger partial charge >= 0.3 is 0 Å². The van der Waals surface area contributed by atoms with Crippen molar-refractivity contribution in [1.29, 1.82) is 0 Å². The Hall–Kier alpha value is -0.685. The predicted octanol–water partition coefficient (Wildman–Crippen LogP) is -0.413. The monoisotopic (exact) mass is 243 g/mol. The summed E-state index contributed by atoms with van der Waals surface area (Å²) in [6, 6.07) is -0.488. The van der Waals surface area contributed by atoms with E-state index in [2.05, 4.69) is 0 Å². The van der Waals surface area contributed by atoms with Crippen molar-refractivity contribution in [2.75, 3.05) is 26.2 Å². The van der Waals surface area contributed by atoms with Gasteiger partial charge in [-0.25, -0.2) is 8.78 Å². The Morgan fingerprint density at radius 3 is 2.71 bits per heavy atom. The average Bonchev–Trinajstić information content (AvgIpc) is 2.80. The molecule has 7 heteroatoms. The lowest BCUT2D eigenvalue weighted by Crippen LogP contribution is -2.44. The first kappa shape index (κ1) is 12.8. The van der Waals surface area contributed by atoms with E-state index in [-0.39, 0.29) is 24.8 Å². The first-order chi connectivity index (χ1) is 7.93. The van der Waals surface area contributed by atoms with E-state index in [4.69, 9.17) is 13.7 Å². The predicted molar refractivity (Wildman–Crippen MR) is 59.6 cm³/mol. The summed E-state index contributed by atoms with van der Waals surface area (Å²) < 4.78 is 26.0. The van der Waals surface area contributed by atoms with Gasteiger partial charge in [0.05, 0.1) is 12.6 Å². The fourth-order valence-corrected chi connectivity index (χ4v) is 2.50. The van der Waals surface area contributed by atoms with Gasteiger partial charge in [0.2, 0.25) is 5.91 Å². The average molecular weight is 243 g/mol. The fraction of sp³-hybridized carbons (Fsp3) is 0.900. The molecule has 2 N–H and O–H groups in total. The lowest BCUT2D eigenvalue weighted by atomic mass is 10.1. The second-order valence-corrected chi connectivity index (χ2v) is 4.92. The summed E-state index contributed by atoms with van der Waals surface area (Å²) in [7, 11) is 5.72. The Bertz CT molecular complexity index is 316. The molecule has 2 radical (unpaired) electrons. The maximum absolute atomic E-state index is 13.0. The van der Waals surface area contributed by atoms with E-state index in [0.29, 0.717) is 19.5 Å². The molecule has 2 unspecified atom stereocenters. The van der Waals surface area contributed by atoms with Crippen molar-refractivity contribution in [2.24, 2.45) is 11.7 Å². The molecule has 0 aromatic carbocycles. The van der Waals surface area contributed by atoms with Crippen LogP contribution < -0.4 is 5.73 Å². The van der Waals surface area contributed by atoms with Gasteiger partial charge in [0.15, 0.2) is 7.98 Å². The SMILES string of the molecule is [B]N1CC(CN)CC1C(=O)N1CCC(F)(F)C1. The summed E-state index contributed by atoms with van der Waals surface area (Å²) in [6.45, 7) is 0.651. The minimum absolute atomic E-state index is 0.115. The molecule has 2 saturated heterocycles. The molecule has 94 valence electrons. The second kappa shape index (κ2) is 4.53. The maximum Gasteiger partial charge on any atom is 0.267 e. The van der Waals surface area contributed by atoms with E-state index in [1.54, 1.807) is 0 Å². The topological polar surface area (TPSA) is 49.6 Å². The Morgan fingerprint density at radius 2 is 2.24 bits per heavy atom. The molecule has 2 aliphatic heterocycles. The van der Waals surface area contributed by atoms with Crippen LogP contribution in [0.1, 0.15) is 12.8 Å². The van der Waals surface area contributed by atoms with E-state index in [9.17, 15) is 13.6 Å². The van der Waals surface area contributed by atoms with Gasteiger partial charge in [0.25, 0.3) is 5.92 Å². The minimum atomic E-state index is -2.75. The molecule has 2 aliphatic rings. The zero-order chi connectivity index (χ0) is 12.6. The van der Waals surface area contributed by atoms with Gasteiger partial charge in [-0.15, -0.1) is 0 Å². The second-order valence-electron chi connectivity index (χ2n) is 4.92. The number of hydrogen-bond acceptors (Lipinski definition) is 3. The summed E-state index contributed by atoms with van der Waals surface area (Å²) in [5.41, 5.74) is 5.53. The molecular formula is C10H16BF2N3O. The van der Waals surface area contributed by atoms with Crippen LogP contribution in [0.15, 0.2) is 0 Å². The fourth-order valence-electron chi connectivity index (χ4n) is 2.50. The molecule has 0 aliphatic carbocycles. The number of rotatable bonds is 2. The van der Waals surface area contributed by atoms with Crippen molar-refractivity contribution in [1.82, 2.24) is 9.71 Å². The van der Waals surface area contributed by atoms with Crippen LogP contribution in [0.25, 0.3) is 0 Å². The summed E-state index contributed by atoms with van der Waals surface area (Å²) in [5, 5.41) is 0. The lowest BCUT2D eigenvalue weighted by molar-refractivity contribution is -0.135. The largest absolute Gasteiger partial charge is 0.343 e. The van der Waals surface area contributed by atoms with Gasteiger partial charge in [0.1, 0.15) is 0 Å². The van der Waals surface area contributed by atoms with Crippen LogP contribution in [0, 0.1) is 5.92 Å². The first-order valence-electron chi connectivity index (χ1n) is 5.81. The first-order valence-corrected chi connectivity index (χ1v) is 5.81. The molecule has 0 saturated carbocycles. The van der Waals surface area contributed by atoms with E-state index in [1.807, 2.05) is 0 Å². The molecule has 0 spiro atoms. The zero-order valence-electron chi connectivity index (χ0n) is 9.61. The molecule has 2 atom stereocenters. The van der Waals surface area contributed by atoms with E-state index in [1.165, 1.54) is 9.71 Å². The van der Waals surface area contributed by atoms with E-state index in [0.717, 1.165) is 0 Å². The Morgan fingerprint density at radius 1 is 1.53 bits per heavy atom. The third-order valence-corrected chi connectivity index (χ3v) is 3.53. The molecule has 1 amide bonds. The molecule has 2 rings (SSSR count). The normalized spacial score (nSPS) is 33.2. The number of alkyl halides is 2. The van der Waals surface area contributed by atoms with Crippen LogP contribution in [-0.2, 0) is 4.79 Å². The molecule has 17 heavy (non-hydrogen) atoms. The Labute approximate surface area is 101 Å². The minimum Gasteiger partial charge on any atom is -0.343 e. The van der Waals surface area contributed by atoms with Crippen LogP contribution in [0.4, 0.5) is 8.78 Å². The van der Waals surface area contributed by atoms with Crippen molar-refractivity contribution in [3.05, 3.63) is 0 Å². The van der Waals surface area contributed by atoms with Gasteiger partial charge in [-0.05, 0) is 25.4 Å². The number of nitrogens with two attached hydrogens (primary N) is 1. The maximum atomic E-state index is 13.0. The number of amides is 1. The molecule has 2 heterocycles. The summed E-state index contributed by atoms with van der Waals surface area (Å²) in [6.07, 6.45) is 0.310. The highest BCUT2D eigenvalue weighted by atomic mass is 19.3. The molecule has 4 nitrogen and oxygen atoms in total. The van der Waals surface area contributed by atoms with Crippen LogP contribution in [0.3, 0.4) is 0 Å². The van der Waals surface area contributed by atoms with Crippen molar-refractivity contribution >= 4 is 13.9 Å². The molecule has 0 bridgehead atoms. The van der Waals surface area contributed by atoms with E-state index < -0.39 is 18.5 Å². The highest BCUT2D eigenvalue weighted by Crippen LogP contribution is 2.29. The summed E-state index contributed by atoms with van der Waals surface area (Å²) >= 11 is 0. The lowest BCUT2D eigenvalue weighted by Gasteiger charge is -2.25. The Kier molecular flexibility index (Phi) is 3.40. The molecule has 0 aromatic heterocycles. The molecular weight excluding hydrogens is 227 g/mol. The van der Waals surface area contributed by atoms with Crippen LogP contribution in [-0.4, -0.2) is 61.7 Å². The van der Waals surface area contributed by atoms with Gasteiger partial charge < -0.3 is 15.4 Å². The van der Waals surface area contributed by atoms with Gasteiger partial charge in [-0.1, -0.05) is 0 Å². The number of halogens is 2. The number of nitrogens with zero attached hydrogens (tertiary/aromatic N) is 2. The summed E-state index contributed by atoms with van der Waals surface area (Å²) in [5.74, 6) is -2.86. The Balaban J connectivity index is 1.97. The van der Waals surface area contributed by atoms with Gasteiger partial charge in [-0.3, -0.25) is 4.79 Å². The van der Waals surface area contributed by atoms with E-state index >= 15 is 0 Å². The zero-order valence-corrected chi connectivity index (χ0v) is 9.61. The number of likely N-dealkylation sites (tertiary alicyclic amines) is 1. The van der Waals surface area contributed by atoms with Crippen LogP contribution in [0.2, 0.25) is 0 Å². The highest BCUT2D eigenvalue weighted by Gasteiger charge is 2.44. The summed E-state index contributed by atoms with van der Waals surface area (Å²) in [4.78, 5) is 14.7. The van der Waals surface area contributed by atoms with Crippen molar-refractivity contribution in [2.45, 2.75) is 24.8 Å². The quantitative estimate of drug-likeness (QED) is 0.670. The van der Waals surface area contributed by atoms with Crippen molar-refractivity contribution < 1.29 is 13.6 Å². The number of hydrogen-bond donors (Lipinski definition) is 1. The highest BCUT2D eigenvalue weighted by molar-refractivity contribution is 6.07.